The number of ether oxygens (including phenoxy) is 4. The summed E-state index contributed by atoms with van der Waals surface area (Å²) in [6, 6.07) is 25.3. The number of alkyl halides is 1. The van der Waals surface area contributed by atoms with Gasteiger partial charge >= 0.3 is 17.9 Å². The zero-order chi connectivity index (χ0) is 29.3. The van der Waals surface area contributed by atoms with E-state index in [1.54, 1.807) is 97.2 Å². The van der Waals surface area contributed by atoms with Gasteiger partial charge in [0.1, 0.15) is 12.7 Å². The van der Waals surface area contributed by atoms with Crippen LogP contribution in [0.1, 0.15) is 49.4 Å². The number of hydrogen-bond acceptors (Lipinski definition) is 9. The maximum absolute atomic E-state index is 13.3. The third-order valence-corrected chi connectivity index (χ3v) is 6.90. The second-order valence-corrected chi connectivity index (χ2v) is 9.84. The molecule has 1 saturated heterocycles. The Morgan fingerprint density at radius 1 is 0.762 bits per heavy atom. The first kappa shape index (κ1) is 29.0. The Morgan fingerprint density at radius 3 is 1.83 bits per heavy atom. The van der Waals surface area contributed by atoms with Crippen molar-refractivity contribution in [3.63, 3.8) is 0 Å². The van der Waals surface area contributed by atoms with Gasteiger partial charge in [-0.3, -0.25) is 0 Å². The third kappa shape index (κ3) is 6.84. The smallest absolute Gasteiger partial charge is 0.338 e. The fraction of sp³-hybridized carbons (Fsp3) is 0.258. The lowest BCUT2D eigenvalue weighted by Gasteiger charge is -2.25. The predicted octanol–water partition coefficient (Wildman–Crippen LogP) is 4.66. The Bertz CT molecular complexity index is 1480. The van der Waals surface area contributed by atoms with Crippen LogP contribution in [0.4, 0.5) is 0 Å². The molecule has 0 saturated carbocycles. The minimum atomic E-state index is -1.16. The van der Waals surface area contributed by atoms with Crippen LogP contribution in [0.3, 0.4) is 0 Å². The van der Waals surface area contributed by atoms with Gasteiger partial charge in [-0.2, -0.15) is 0 Å². The van der Waals surface area contributed by atoms with Crippen molar-refractivity contribution in [1.82, 2.24) is 15.0 Å². The maximum atomic E-state index is 13.3. The fourth-order valence-electron chi connectivity index (χ4n) is 4.56. The Morgan fingerprint density at radius 2 is 1.29 bits per heavy atom. The predicted molar refractivity (Wildman–Crippen MR) is 151 cm³/mol. The highest BCUT2D eigenvalue weighted by atomic mass is 35.5. The molecule has 0 unspecified atom stereocenters. The molecule has 42 heavy (non-hydrogen) atoms. The van der Waals surface area contributed by atoms with E-state index in [2.05, 4.69) is 10.3 Å². The van der Waals surface area contributed by atoms with E-state index in [-0.39, 0.29) is 12.2 Å². The van der Waals surface area contributed by atoms with Crippen molar-refractivity contribution < 1.29 is 33.3 Å². The highest BCUT2D eigenvalue weighted by Gasteiger charge is 2.52. The normalized spacial score (nSPS) is 19.6. The molecule has 10 nitrogen and oxygen atoms in total. The lowest BCUT2D eigenvalue weighted by Crippen LogP contribution is -2.41. The van der Waals surface area contributed by atoms with E-state index in [4.69, 9.17) is 30.5 Å². The Labute approximate surface area is 247 Å². The van der Waals surface area contributed by atoms with E-state index < -0.39 is 42.4 Å². The van der Waals surface area contributed by atoms with Crippen molar-refractivity contribution in [3.05, 3.63) is 120 Å². The van der Waals surface area contributed by atoms with Gasteiger partial charge in [0.25, 0.3) is 0 Å². The second kappa shape index (κ2) is 13.9. The molecule has 5 rings (SSSR count). The number of hydrogen-bond donors (Lipinski definition) is 0. The summed E-state index contributed by atoms with van der Waals surface area (Å²) in [5.74, 6) is -1.49. The molecule has 4 aromatic rings. The summed E-state index contributed by atoms with van der Waals surface area (Å²) in [4.78, 5) is 39.3. The molecule has 0 amide bonds. The average Bonchev–Trinajstić information content (AvgIpc) is 3.64. The van der Waals surface area contributed by atoms with Crippen LogP contribution in [0.2, 0.25) is 0 Å². The molecule has 0 bridgehead atoms. The van der Waals surface area contributed by atoms with Crippen LogP contribution in [0.15, 0.2) is 97.2 Å². The zero-order valence-electron chi connectivity index (χ0n) is 22.5. The molecule has 4 atom stereocenters. The first-order valence-corrected chi connectivity index (χ1v) is 13.9. The number of carbonyl (C=O) groups is 3. The summed E-state index contributed by atoms with van der Waals surface area (Å²) in [5, 5.41) is 8.21. The van der Waals surface area contributed by atoms with Crippen LogP contribution >= 0.6 is 11.6 Å². The van der Waals surface area contributed by atoms with Crippen LogP contribution in [-0.4, -0.2) is 63.7 Å². The van der Waals surface area contributed by atoms with Crippen molar-refractivity contribution in [2.75, 3.05) is 12.5 Å². The van der Waals surface area contributed by atoms with Crippen LogP contribution in [0.5, 0.6) is 0 Å². The molecule has 1 fully saturated rings. The Kier molecular flexibility index (Phi) is 9.58. The van der Waals surface area contributed by atoms with Gasteiger partial charge in [-0.15, -0.1) is 16.7 Å². The molecule has 0 N–H and O–H groups in total. The Balaban J connectivity index is 1.47. The van der Waals surface area contributed by atoms with E-state index in [0.29, 0.717) is 35.5 Å². The van der Waals surface area contributed by atoms with Crippen molar-refractivity contribution in [2.45, 2.75) is 37.4 Å². The van der Waals surface area contributed by atoms with Gasteiger partial charge in [-0.25, -0.2) is 19.1 Å². The minimum Gasteiger partial charge on any atom is -0.459 e. The summed E-state index contributed by atoms with van der Waals surface area (Å²) >= 11 is 5.92. The molecule has 1 aromatic heterocycles. The Hall–Kier alpha value is -4.54. The second-order valence-electron chi connectivity index (χ2n) is 9.46. The molecule has 216 valence electrons. The molecule has 0 spiro atoms. The van der Waals surface area contributed by atoms with Crippen molar-refractivity contribution in [2.24, 2.45) is 0 Å². The molecular formula is C31H28ClN3O7. The largest absolute Gasteiger partial charge is 0.459 e. The van der Waals surface area contributed by atoms with Gasteiger partial charge < -0.3 is 18.9 Å². The van der Waals surface area contributed by atoms with Gasteiger partial charge in [0.05, 0.1) is 28.6 Å². The summed E-state index contributed by atoms with van der Waals surface area (Å²) in [6.45, 7) is -0.290. The lowest BCUT2D eigenvalue weighted by atomic mass is 10.1. The topological polar surface area (TPSA) is 119 Å². The first-order valence-electron chi connectivity index (χ1n) is 13.4. The highest BCUT2D eigenvalue weighted by Crippen LogP contribution is 2.36. The van der Waals surface area contributed by atoms with Crippen LogP contribution in [0, 0.1) is 0 Å². The number of carbonyl (C=O) groups excluding carboxylic acids is 3. The van der Waals surface area contributed by atoms with E-state index in [9.17, 15) is 14.4 Å². The number of esters is 3. The number of rotatable bonds is 11. The summed E-state index contributed by atoms with van der Waals surface area (Å²) in [7, 11) is 0. The monoisotopic (exact) mass is 589 g/mol. The number of aromatic nitrogens is 3. The van der Waals surface area contributed by atoms with Crippen LogP contribution < -0.4 is 0 Å². The zero-order valence-corrected chi connectivity index (χ0v) is 23.2. The number of halogens is 1. The van der Waals surface area contributed by atoms with E-state index >= 15 is 0 Å². The standard InChI is InChI=1S/C31H28ClN3O7/c32-18-10-17-24-19-33-34-35(24)28-27(42-31(38)23-15-8-3-9-16-23)26(41-30(37)22-13-6-2-7-14-22)25(40-28)20-39-29(36)21-11-4-1-5-12-21/h1-9,11-16,19,25-28H,10,17-18,20H2/t25-,26-,27-,28-/m1/s1. The molecule has 2 heterocycles. The summed E-state index contributed by atoms with van der Waals surface area (Å²) in [6.07, 6.45) is -1.64. The van der Waals surface area contributed by atoms with Gasteiger partial charge in [-0.1, -0.05) is 59.8 Å². The quantitative estimate of drug-likeness (QED) is 0.140. The first-order chi connectivity index (χ1) is 20.5. The van der Waals surface area contributed by atoms with E-state index in [1.165, 1.54) is 4.68 Å². The summed E-state index contributed by atoms with van der Waals surface area (Å²) < 4.78 is 25.3. The molecule has 1 aliphatic rings. The fourth-order valence-corrected chi connectivity index (χ4v) is 4.69. The molecular weight excluding hydrogens is 562 g/mol. The van der Waals surface area contributed by atoms with Gasteiger partial charge in [0.15, 0.2) is 18.4 Å². The lowest BCUT2D eigenvalue weighted by molar-refractivity contribution is -0.0689. The SMILES string of the molecule is O=C(OC[C@H]1O[C@@H](n2nncc2CCCCl)[C@H](OC(=O)c2ccccc2)[C@@H]1OC(=O)c1ccccc1)c1ccccc1. The third-order valence-electron chi connectivity index (χ3n) is 6.64. The highest BCUT2D eigenvalue weighted by molar-refractivity contribution is 6.17. The van der Waals surface area contributed by atoms with Gasteiger partial charge in [-0.05, 0) is 49.2 Å². The van der Waals surface area contributed by atoms with Crippen LogP contribution in [-0.2, 0) is 25.4 Å². The van der Waals surface area contributed by atoms with E-state index in [0.717, 1.165) is 0 Å². The average molecular weight is 590 g/mol. The molecule has 0 radical (unpaired) electrons. The maximum Gasteiger partial charge on any atom is 0.338 e. The van der Waals surface area contributed by atoms with Crippen molar-refractivity contribution in [1.29, 1.82) is 0 Å². The summed E-state index contributed by atoms with van der Waals surface area (Å²) in [5.41, 5.74) is 1.61. The van der Waals surface area contributed by atoms with Crippen LogP contribution in [0.25, 0.3) is 0 Å². The van der Waals surface area contributed by atoms with Crippen molar-refractivity contribution >= 4 is 29.5 Å². The molecule has 3 aromatic carbocycles. The molecule has 0 aliphatic carbocycles. The molecule has 11 heteroatoms. The number of aryl methyl sites for hydroxylation is 1. The van der Waals surface area contributed by atoms with E-state index in [1.807, 2.05) is 0 Å². The van der Waals surface area contributed by atoms with Gasteiger partial charge in [0, 0.05) is 5.88 Å². The number of nitrogens with zero attached hydrogens (tertiary/aromatic N) is 3. The molecule has 1 aliphatic heterocycles. The van der Waals surface area contributed by atoms with Gasteiger partial charge in [0.2, 0.25) is 0 Å². The minimum absolute atomic E-state index is 0.290. The number of benzene rings is 3. The van der Waals surface area contributed by atoms with Crippen molar-refractivity contribution in [3.8, 4) is 0 Å².